The molecule has 0 spiro atoms. The Kier molecular flexibility index (Phi) is 4.83. The van der Waals surface area contributed by atoms with Gasteiger partial charge in [-0.2, -0.15) is 0 Å². The number of nitrogens with zero attached hydrogens (tertiary/aromatic N) is 1. The lowest BCUT2D eigenvalue weighted by Crippen LogP contribution is -2.48. The molecule has 1 aliphatic heterocycles. The van der Waals surface area contributed by atoms with Crippen molar-refractivity contribution in [2.45, 2.75) is 39.3 Å². The van der Waals surface area contributed by atoms with Crippen LogP contribution >= 0.6 is 0 Å². The Bertz CT molecular complexity index is 407. The van der Waals surface area contributed by atoms with Gasteiger partial charge in [0.25, 0.3) is 0 Å². The summed E-state index contributed by atoms with van der Waals surface area (Å²) in [4.78, 5) is 2.47. The number of benzene rings is 1. The molecule has 0 bridgehead atoms. The lowest BCUT2D eigenvalue weighted by atomic mass is 9.92. The summed E-state index contributed by atoms with van der Waals surface area (Å²) in [6, 6.07) is 8.99. The number of piperidine rings is 1. The van der Waals surface area contributed by atoms with Gasteiger partial charge in [0.2, 0.25) is 0 Å². The van der Waals surface area contributed by atoms with Crippen molar-refractivity contribution in [2.75, 3.05) is 19.7 Å². The first-order chi connectivity index (χ1) is 9.13. The molecule has 1 fully saturated rings. The molecular formula is C16H26N2O. The minimum Gasteiger partial charge on any atom is -0.494 e. The van der Waals surface area contributed by atoms with Crippen molar-refractivity contribution in [3.63, 3.8) is 0 Å². The molecular weight excluding hydrogens is 236 g/mol. The van der Waals surface area contributed by atoms with Gasteiger partial charge < -0.3 is 10.5 Å². The lowest BCUT2D eigenvalue weighted by molar-refractivity contribution is 0.126. The van der Waals surface area contributed by atoms with Gasteiger partial charge in [0.1, 0.15) is 5.75 Å². The van der Waals surface area contributed by atoms with Crippen molar-refractivity contribution in [2.24, 2.45) is 11.7 Å². The normalized spacial score (nSPS) is 26.1. The maximum absolute atomic E-state index is 6.21. The summed E-state index contributed by atoms with van der Waals surface area (Å²) in [5.74, 6) is 1.63. The second-order valence-corrected chi connectivity index (χ2v) is 5.57. The third-order valence-corrected chi connectivity index (χ3v) is 4.26. The first-order valence-corrected chi connectivity index (χ1v) is 7.34. The standard InChI is InChI=1S/C16H26N2O/c1-4-19-16-8-6-5-7-14(16)13(3)18-10-9-12(2)15(17)11-18/h5-8,12-13,15H,4,9-11,17H2,1-3H3. The zero-order valence-electron chi connectivity index (χ0n) is 12.3. The van der Waals surface area contributed by atoms with Crippen LogP contribution in [0.15, 0.2) is 24.3 Å². The van der Waals surface area contributed by atoms with E-state index in [4.69, 9.17) is 10.5 Å². The Morgan fingerprint density at radius 3 is 2.84 bits per heavy atom. The number of ether oxygens (including phenoxy) is 1. The summed E-state index contributed by atoms with van der Waals surface area (Å²) >= 11 is 0. The lowest BCUT2D eigenvalue weighted by Gasteiger charge is -2.39. The molecule has 19 heavy (non-hydrogen) atoms. The Morgan fingerprint density at radius 2 is 2.16 bits per heavy atom. The third-order valence-electron chi connectivity index (χ3n) is 4.26. The van der Waals surface area contributed by atoms with E-state index in [2.05, 4.69) is 36.9 Å². The summed E-state index contributed by atoms with van der Waals surface area (Å²) in [5.41, 5.74) is 7.48. The van der Waals surface area contributed by atoms with Crippen LogP contribution in [0.25, 0.3) is 0 Å². The van der Waals surface area contributed by atoms with E-state index < -0.39 is 0 Å². The van der Waals surface area contributed by atoms with Gasteiger partial charge in [-0.1, -0.05) is 25.1 Å². The quantitative estimate of drug-likeness (QED) is 0.907. The fourth-order valence-corrected chi connectivity index (χ4v) is 2.79. The molecule has 0 aromatic heterocycles. The highest BCUT2D eigenvalue weighted by atomic mass is 16.5. The van der Waals surface area contributed by atoms with E-state index in [1.807, 2.05) is 13.0 Å². The molecule has 0 saturated carbocycles. The van der Waals surface area contributed by atoms with Gasteiger partial charge in [0, 0.05) is 24.2 Å². The third kappa shape index (κ3) is 3.28. The zero-order valence-corrected chi connectivity index (χ0v) is 12.3. The number of hydrogen-bond acceptors (Lipinski definition) is 3. The molecule has 2 rings (SSSR count). The molecule has 3 nitrogen and oxygen atoms in total. The van der Waals surface area contributed by atoms with Crippen LogP contribution in [0.4, 0.5) is 0 Å². The Labute approximate surface area is 116 Å². The molecule has 0 radical (unpaired) electrons. The Hall–Kier alpha value is -1.06. The van der Waals surface area contributed by atoms with Crippen LogP contribution < -0.4 is 10.5 Å². The summed E-state index contributed by atoms with van der Waals surface area (Å²) in [7, 11) is 0. The molecule has 0 aliphatic carbocycles. The van der Waals surface area contributed by atoms with Crippen LogP contribution in [0, 0.1) is 5.92 Å². The van der Waals surface area contributed by atoms with Crippen LogP contribution in [-0.2, 0) is 0 Å². The van der Waals surface area contributed by atoms with Gasteiger partial charge in [-0.25, -0.2) is 0 Å². The Balaban J connectivity index is 2.13. The summed E-state index contributed by atoms with van der Waals surface area (Å²) in [6.07, 6.45) is 1.18. The highest BCUT2D eigenvalue weighted by Gasteiger charge is 2.27. The molecule has 1 aromatic rings. The van der Waals surface area contributed by atoms with Gasteiger partial charge in [0.05, 0.1) is 6.61 Å². The van der Waals surface area contributed by atoms with Crippen LogP contribution in [-0.4, -0.2) is 30.6 Å². The average molecular weight is 262 g/mol. The number of likely N-dealkylation sites (tertiary alicyclic amines) is 1. The monoisotopic (exact) mass is 262 g/mol. The molecule has 1 heterocycles. The van der Waals surface area contributed by atoms with Crippen LogP contribution in [0.3, 0.4) is 0 Å². The molecule has 3 atom stereocenters. The second-order valence-electron chi connectivity index (χ2n) is 5.57. The first kappa shape index (κ1) is 14.4. The van der Waals surface area contributed by atoms with E-state index >= 15 is 0 Å². The maximum atomic E-state index is 6.21. The summed E-state index contributed by atoms with van der Waals surface area (Å²) in [5, 5.41) is 0. The number of para-hydroxylation sites is 1. The molecule has 0 amide bonds. The second kappa shape index (κ2) is 6.40. The highest BCUT2D eigenvalue weighted by molar-refractivity contribution is 5.35. The van der Waals surface area contributed by atoms with E-state index in [0.29, 0.717) is 18.6 Å². The van der Waals surface area contributed by atoms with Crippen molar-refractivity contribution in [3.05, 3.63) is 29.8 Å². The molecule has 1 aliphatic rings. The van der Waals surface area contributed by atoms with E-state index in [0.717, 1.165) is 18.8 Å². The average Bonchev–Trinajstić information content (AvgIpc) is 2.42. The Morgan fingerprint density at radius 1 is 1.42 bits per heavy atom. The van der Waals surface area contributed by atoms with E-state index in [1.165, 1.54) is 12.0 Å². The largest absolute Gasteiger partial charge is 0.494 e. The van der Waals surface area contributed by atoms with Crippen LogP contribution in [0.5, 0.6) is 5.75 Å². The van der Waals surface area contributed by atoms with E-state index in [1.54, 1.807) is 0 Å². The number of rotatable bonds is 4. The zero-order chi connectivity index (χ0) is 13.8. The minimum atomic E-state index is 0.287. The number of hydrogen-bond donors (Lipinski definition) is 1. The molecule has 1 saturated heterocycles. The minimum absolute atomic E-state index is 0.287. The number of nitrogens with two attached hydrogens (primary N) is 1. The van der Waals surface area contributed by atoms with Crippen LogP contribution in [0.2, 0.25) is 0 Å². The van der Waals surface area contributed by atoms with Gasteiger partial charge in [0.15, 0.2) is 0 Å². The van der Waals surface area contributed by atoms with E-state index in [9.17, 15) is 0 Å². The molecule has 3 heteroatoms. The molecule has 1 aromatic carbocycles. The molecule has 106 valence electrons. The van der Waals surface area contributed by atoms with Crippen molar-refractivity contribution in [3.8, 4) is 5.75 Å². The van der Waals surface area contributed by atoms with Crippen molar-refractivity contribution < 1.29 is 4.74 Å². The highest BCUT2D eigenvalue weighted by Crippen LogP contribution is 2.31. The van der Waals surface area contributed by atoms with Crippen molar-refractivity contribution >= 4 is 0 Å². The van der Waals surface area contributed by atoms with Crippen LogP contribution in [0.1, 0.15) is 38.8 Å². The first-order valence-electron chi connectivity index (χ1n) is 7.34. The summed E-state index contributed by atoms with van der Waals surface area (Å²) < 4.78 is 5.74. The fraction of sp³-hybridized carbons (Fsp3) is 0.625. The van der Waals surface area contributed by atoms with Crippen molar-refractivity contribution in [1.82, 2.24) is 4.90 Å². The smallest absolute Gasteiger partial charge is 0.124 e. The van der Waals surface area contributed by atoms with Gasteiger partial charge >= 0.3 is 0 Å². The molecule has 3 unspecified atom stereocenters. The van der Waals surface area contributed by atoms with Gasteiger partial charge in [-0.3, -0.25) is 4.90 Å². The van der Waals surface area contributed by atoms with Gasteiger partial charge in [-0.15, -0.1) is 0 Å². The topological polar surface area (TPSA) is 38.5 Å². The van der Waals surface area contributed by atoms with E-state index in [-0.39, 0.29) is 6.04 Å². The fourth-order valence-electron chi connectivity index (χ4n) is 2.79. The maximum Gasteiger partial charge on any atom is 0.124 e. The predicted molar refractivity (Wildman–Crippen MR) is 79.4 cm³/mol. The van der Waals surface area contributed by atoms with Gasteiger partial charge in [-0.05, 0) is 38.8 Å². The molecule has 2 N–H and O–H groups in total. The SMILES string of the molecule is CCOc1ccccc1C(C)N1CCC(C)C(N)C1. The summed E-state index contributed by atoms with van der Waals surface area (Å²) in [6.45, 7) is 9.33. The van der Waals surface area contributed by atoms with Crippen molar-refractivity contribution in [1.29, 1.82) is 0 Å². The predicted octanol–water partition coefficient (Wildman–Crippen LogP) is 2.82.